The van der Waals surface area contributed by atoms with Crippen molar-refractivity contribution in [2.75, 3.05) is 37.6 Å². The van der Waals surface area contributed by atoms with Crippen molar-refractivity contribution in [3.63, 3.8) is 0 Å². The summed E-state index contributed by atoms with van der Waals surface area (Å²) >= 11 is 0. The normalized spacial score (nSPS) is 23.1. The van der Waals surface area contributed by atoms with Crippen LogP contribution < -0.4 is 4.90 Å². The molecule has 2 aliphatic heterocycles. The lowest BCUT2D eigenvalue weighted by atomic mass is 10.1. The average Bonchev–Trinajstić information content (AvgIpc) is 3.41. The molecule has 1 N–H and O–H groups in total. The Bertz CT molecular complexity index is 1060. The summed E-state index contributed by atoms with van der Waals surface area (Å²) in [6.45, 7) is 8.71. The van der Waals surface area contributed by atoms with Crippen LogP contribution in [0, 0.1) is 6.92 Å². The predicted octanol–water partition coefficient (Wildman–Crippen LogP) is 3.89. The van der Waals surface area contributed by atoms with E-state index in [0.717, 1.165) is 43.6 Å². The lowest BCUT2D eigenvalue weighted by Gasteiger charge is -2.36. The molecule has 1 aromatic carbocycles. The minimum Gasteiger partial charge on any atom is -0.367 e. The van der Waals surface area contributed by atoms with E-state index < -0.39 is 0 Å². The number of nitrogens with one attached hydrogen (secondary N) is 1. The van der Waals surface area contributed by atoms with Crippen LogP contribution in [0.2, 0.25) is 0 Å². The number of aromatic nitrogens is 3. The summed E-state index contributed by atoms with van der Waals surface area (Å²) in [5.41, 5.74) is 6.11. The van der Waals surface area contributed by atoms with Gasteiger partial charge in [0.25, 0.3) is 0 Å². The monoisotopic (exact) mass is 416 g/mol. The van der Waals surface area contributed by atoms with Crippen molar-refractivity contribution in [2.45, 2.75) is 51.2 Å². The fraction of sp³-hybridized carbons (Fsp3) is 0.520. The van der Waals surface area contributed by atoms with Crippen molar-refractivity contribution < 1.29 is 0 Å². The molecule has 2 aromatic heterocycles. The van der Waals surface area contributed by atoms with Gasteiger partial charge in [0.1, 0.15) is 5.82 Å². The summed E-state index contributed by atoms with van der Waals surface area (Å²) in [7, 11) is 0. The lowest BCUT2D eigenvalue weighted by molar-refractivity contribution is 0.238. The summed E-state index contributed by atoms with van der Waals surface area (Å²) in [6.07, 6.45) is 7.12. The van der Waals surface area contributed by atoms with Crippen LogP contribution in [0.15, 0.2) is 36.5 Å². The first kappa shape index (κ1) is 19.3. The van der Waals surface area contributed by atoms with Gasteiger partial charge in [0.05, 0.1) is 35.0 Å². The van der Waals surface area contributed by atoms with E-state index in [-0.39, 0.29) is 0 Å². The molecular weight excluding hydrogens is 384 g/mol. The zero-order chi connectivity index (χ0) is 20.8. The van der Waals surface area contributed by atoms with E-state index in [1.54, 1.807) is 0 Å². The quantitative estimate of drug-likeness (QED) is 0.684. The van der Waals surface area contributed by atoms with Crippen LogP contribution in [-0.4, -0.2) is 63.5 Å². The highest BCUT2D eigenvalue weighted by Crippen LogP contribution is 2.34. The third-order valence-electron chi connectivity index (χ3n) is 7.35. The van der Waals surface area contributed by atoms with E-state index in [1.807, 2.05) is 12.3 Å². The van der Waals surface area contributed by atoms with Crippen molar-refractivity contribution >= 4 is 16.7 Å². The first-order chi connectivity index (χ1) is 15.3. The fourth-order valence-corrected chi connectivity index (χ4v) is 5.54. The first-order valence-corrected chi connectivity index (χ1v) is 11.9. The number of fused-ring (bicyclic) bond motifs is 1. The lowest BCUT2D eigenvalue weighted by Crippen LogP contribution is -2.47. The van der Waals surface area contributed by atoms with Crippen LogP contribution in [0.1, 0.15) is 48.8 Å². The Kier molecular flexibility index (Phi) is 4.92. The Morgan fingerprint density at radius 3 is 2.68 bits per heavy atom. The maximum Gasteiger partial charge on any atom is 0.121 e. The van der Waals surface area contributed by atoms with Gasteiger partial charge in [0, 0.05) is 38.4 Å². The van der Waals surface area contributed by atoms with Crippen LogP contribution in [0.5, 0.6) is 0 Å². The van der Waals surface area contributed by atoms with E-state index in [2.05, 4.69) is 50.9 Å². The topological polar surface area (TPSA) is 51.3 Å². The van der Waals surface area contributed by atoms with Gasteiger partial charge in [0.2, 0.25) is 0 Å². The molecule has 1 saturated carbocycles. The Morgan fingerprint density at radius 2 is 1.87 bits per heavy atom. The van der Waals surface area contributed by atoms with Crippen LogP contribution in [0.3, 0.4) is 0 Å². The highest BCUT2D eigenvalue weighted by atomic mass is 15.3. The molecule has 1 atom stereocenters. The number of aromatic amines is 1. The highest BCUT2D eigenvalue weighted by molar-refractivity contribution is 5.89. The number of benzene rings is 1. The largest absolute Gasteiger partial charge is 0.367 e. The summed E-state index contributed by atoms with van der Waals surface area (Å²) in [6, 6.07) is 12.0. The Labute approximate surface area is 184 Å². The SMILES string of the molecule is Cc1cccnc1C1CCCN1Cc1nc2cccc(N3CCN(C4CC4)CC3)c2[nH]1. The molecule has 6 nitrogen and oxygen atoms in total. The molecule has 0 spiro atoms. The molecule has 0 radical (unpaired) electrons. The van der Waals surface area contributed by atoms with Gasteiger partial charge < -0.3 is 9.88 Å². The minimum atomic E-state index is 0.393. The number of hydrogen-bond donors (Lipinski definition) is 1. The van der Waals surface area contributed by atoms with Crippen molar-refractivity contribution in [3.05, 3.63) is 53.6 Å². The number of nitrogens with zero attached hydrogens (tertiary/aromatic N) is 5. The van der Waals surface area contributed by atoms with Crippen molar-refractivity contribution in [1.29, 1.82) is 0 Å². The van der Waals surface area contributed by atoms with Gasteiger partial charge in [0.15, 0.2) is 0 Å². The molecule has 0 amide bonds. The molecule has 3 aliphatic rings. The maximum absolute atomic E-state index is 4.98. The fourth-order valence-electron chi connectivity index (χ4n) is 5.54. The number of anilines is 1. The average molecular weight is 417 g/mol. The first-order valence-electron chi connectivity index (χ1n) is 11.9. The molecule has 6 heteroatoms. The maximum atomic E-state index is 4.98. The Hall–Kier alpha value is -2.44. The molecule has 1 unspecified atom stereocenters. The van der Waals surface area contributed by atoms with Gasteiger partial charge in [-0.3, -0.25) is 14.8 Å². The number of rotatable bonds is 5. The van der Waals surface area contributed by atoms with Gasteiger partial charge in [-0.05, 0) is 62.9 Å². The van der Waals surface area contributed by atoms with Crippen LogP contribution in [-0.2, 0) is 6.54 Å². The molecule has 31 heavy (non-hydrogen) atoms. The number of aryl methyl sites for hydroxylation is 1. The molecule has 162 valence electrons. The Morgan fingerprint density at radius 1 is 1.00 bits per heavy atom. The van der Waals surface area contributed by atoms with E-state index in [0.29, 0.717) is 6.04 Å². The number of pyridine rings is 1. The van der Waals surface area contributed by atoms with E-state index in [1.165, 1.54) is 61.2 Å². The van der Waals surface area contributed by atoms with Crippen molar-refractivity contribution in [1.82, 2.24) is 24.8 Å². The van der Waals surface area contributed by atoms with Gasteiger partial charge in [-0.2, -0.15) is 0 Å². The van der Waals surface area contributed by atoms with Gasteiger partial charge in [-0.1, -0.05) is 12.1 Å². The van der Waals surface area contributed by atoms with Crippen LogP contribution in [0.4, 0.5) is 5.69 Å². The number of imidazole rings is 1. The molecule has 3 fully saturated rings. The minimum absolute atomic E-state index is 0.393. The number of H-pyrrole nitrogens is 1. The molecule has 3 aromatic rings. The molecule has 6 rings (SSSR count). The molecule has 1 aliphatic carbocycles. The molecular formula is C25H32N6. The van der Waals surface area contributed by atoms with Crippen molar-refractivity contribution in [2.24, 2.45) is 0 Å². The second-order valence-electron chi connectivity index (χ2n) is 9.44. The second kappa shape index (κ2) is 7.92. The molecule has 2 saturated heterocycles. The van der Waals surface area contributed by atoms with Crippen LogP contribution >= 0.6 is 0 Å². The zero-order valence-electron chi connectivity index (χ0n) is 18.4. The molecule has 0 bridgehead atoms. The number of hydrogen-bond acceptors (Lipinski definition) is 5. The van der Waals surface area contributed by atoms with Gasteiger partial charge in [-0.25, -0.2) is 4.98 Å². The summed E-state index contributed by atoms with van der Waals surface area (Å²) in [4.78, 5) is 21.1. The summed E-state index contributed by atoms with van der Waals surface area (Å²) < 4.78 is 0. The van der Waals surface area contributed by atoms with Gasteiger partial charge >= 0.3 is 0 Å². The molecule has 4 heterocycles. The predicted molar refractivity (Wildman–Crippen MR) is 124 cm³/mol. The third-order valence-corrected chi connectivity index (χ3v) is 7.35. The zero-order valence-corrected chi connectivity index (χ0v) is 18.4. The van der Waals surface area contributed by atoms with E-state index in [9.17, 15) is 0 Å². The highest BCUT2D eigenvalue weighted by Gasteiger charge is 2.32. The standard InChI is InChI=1S/C25H32N6/c1-18-5-3-11-26-24(18)21-8-4-12-31(21)17-23-27-20-6-2-7-22(25(20)28-23)30-15-13-29(14-16-30)19-9-10-19/h2-3,5-7,11,19,21H,4,8-10,12-17H2,1H3,(H,27,28). The smallest absolute Gasteiger partial charge is 0.121 e. The summed E-state index contributed by atoms with van der Waals surface area (Å²) in [5.74, 6) is 1.07. The second-order valence-corrected chi connectivity index (χ2v) is 9.44. The number of likely N-dealkylation sites (tertiary alicyclic amines) is 1. The number of piperazine rings is 1. The van der Waals surface area contributed by atoms with Crippen LogP contribution in [0.25, 0.3) is 11.0 Å². The van der Waals surface area contributed by atoms with E-state index >= 15 is 0 Å². The number of para-hydroxylation sites is 1. The van der Waals surface area contributed by atoms with E-state index in [4.69, 9.17) is 9.97 Å². The summed E-state index contributed by atoms with van der Waals surface area (Å²) in [5, 5.41) is 0. The van der Waals surface area contributed by atoms with Gasteiger partial charge in [-0.15, -0.1) is 0 Å². The Balaban J connectivity index is 1.22. The third kappa shape index (κ3) is 3.72. The van der Waals surface area contributed by atoms with Crippen molar-refractivity contribution in [3.8, 4) is 0 Å².